The summed E-state index contributed by atoms with van der Waals surface area (Å²) in [4.78, 5) is 14.1. The molecule has 0 saturated carbocycles. The average molecular weight is 375 g/mol. The highest BCUT2D eigenvalue weighted by Gasteiger charge is 2.24. The van der Waals surface area contributed by atoms with Crippen molar-refractivity contribution >= 4 is 33.2 Å². The van der Waals surface area contributed by atoms with Gasteiger partial charge in [0.25, 0.3) is 0 Å². The standard InChI is InChI=1S/C16H23ClN2O4S/c1-23-15-7-6-13(17)12-14(15)19(24(2,21)22)11-8-16(20)18-9-4-3-5-10-18/h6-7,12H,3-5,8-11H2,1-2H3. The predicted octanol–water partition coefficient (Wildman–Crippen LogP) is 2.52. The van der Waals surface area contributed by atoms with E-state index in [0.29, 0.717) is 16.5 Å². The molecule has 0 spiro atoms. The Labute approximate surface area is 148 Å². The average Bonchev–Trinajstić information content (AvgIpc) is 2.54. The molecule has 1 heterocycles. The molecule has 0 bridgehead atoms. The molecule has 0 unspecified atom stereocenters. The smallest absolute Gasteiger partial charge is 0.232 e. The molecular formula is C16H23ClN2O4S. The van der Waals surface area contributed by atoms with Crippen LogP contribution < -0.4 is 9.04 Å². The summed E-state index contributed by atoms with van der Waals surface area (Å²) in [6.07, 6.45) is 4.38. The zero-order valence-corrected chi connectivity index (χ0v) is 15.6. The molecular weight excluding hydrogens is 352 g/mol. The van der Waals surface area contributed by atoms with Crippen molar-refractivity contribution in [3.63, 3.8) is 0 Å². The van der Waals surface area contributed by atoms with Crippen molar-refractivity contribution in [3.05, 3.63) is 23.2 Å². The van der Waals surface area contributed by atoms with Crippen molar-refractivity contribution in [2.75, 3.05) is 37.3 Å². The first kappa shape index (κ1) is 18.9. The van der Waals surface area contributed by atoms with Crippen molar-refractivity contribution in [2.24, 2.45) is 0 Å². The maximum atomic E-state index is 12.3. The van der Waals surface area contributed by atoms with Crippen LogP contribution in [0.15, 0.2) is 18.2 Å². The maximum absolute atomic E-state index is 12.3. The van der Waals surface area contributed by atoms with E-state index in [2.05, 4.69) is 0 Å². The number of amides is 1. The van der Waals surface area contributed by atoms with Gasteiger partial charge < -0.3 is 9.64 Å². The third kappa shape index (κ3) is 4.77. The van der Waals surface area contributed by atoms with E-state index in [0.717, 1.165) is 38.6 Å². The number of rotatable bonds is 6. The summed E-state index contributed by atoms with van der Waals surface area (Å²) >= 11 is 6.00. The van der Waals surface area contributed by atoms with Crippen molar-refractivity contribution < 1.29 is 17.9 Å². The lowest BCUT2D eigenvalue weighted by atomic mass is 10.1. The van der Waals surface area contributed by atoms with Crippen LogP contribution in [0, 0.1) is 0 Å². The summed E-state index contributed by atoms with van der Waals surface area (Å²) < 4.78 is 30.8. The number of likely N-dealkylation sites (tertiary alicyclic amines) is 1. The van der Waals surface area contributed by atoms with Gasteiger partial charge in [0, 0.05) is 31.1 Å². The van der Waals surface area contributed by atoms with Crippen molar-refractivity contribution in [2.45, 2.75) is 25.7 Å². The molecule has 1 aliphatic heterocycles. The van der Waals surface area contributed by atoms with Gasteiger partial charge in [-0.1, -0.05) is 11.6 Å². The lowest BCUT2D eigenvalue weighted by Gasteiger charge is -2.29. The van der Waals surface area contributed by atoms with Crippen LogP contribution in [0.3, 0.4) is 0 Å². The minimum Gasteiger partial charge on any atom is -0.495 e. The van der Waals surface area contributed by atoms with Gasteiger partial charge in [-0.15, -0.1) is 0 Å². The van der Waals surface area contributed by atoms with Crippen LogP contribution in [-0.2, 0) is 14.8 Å². The zero-order valence-electron chi connectivity index (χ0n) is 14.0. The van der Waals surface area contributed by atoms with E-state index in [9.17, 15) is 13.2 Å². The van der Waals surface area contributed by atoms with Gasteiger partial charge in [-0.3, -0.25) is 9.10 Å². The lowest BCUT2D eigenvalue weighted by Crippen LogP contribution is -2.39. The Morgan fingerprint density at radius 3 is 2.54 bits per heavy atom. The largest absolute Gasteiger partial charge is 0.495 e. The summed E-state index contributed by atoms with van der Waals surface area (Å²) in [5.41, 5.74) is 0.346. The third-order valence-corrected chi connectivity index (χ3v) is 5.46. The van der Waals surface area contributed by atoms with E-state index in [1.807, 2.05) is 0 Å². The highest BCUT2D eigenvalue weighted by Crippen LogP contribution is 2.33. The van der Waals surface area contributed by atoms with Gasteiger partial charge in [0.15, 0.2) is 0 Å². The van der Waals surface area contributed by atoms with E-state index in [4.69, 9.17) is 16.3 Å². The number of piperidine rings is 1. The van der Waals surface area contributed by atoms with Crippen LogP contribution in [0.4, 0.5) is 5.69 Å². The molecule has 2 rings (SSSR count). The van der Waals surface area contributed by atoms with Crippen LogP contribution in [0.5, 0.6) is 5.75 Å². The molecule has 24 heavy (non-hydrogen) atoms. The number of sulfonamides is 1. The van der Waals surface area contributed by atoms with Gasteiger partial charge in [0.2, 0.25) is 15.9 Å². The van der Waals surface area contributed by atoms with E-state index in [1.165, 1.54) is 17.5 Å². The number of halogens is 1. The molecule has 1 aromatic rings. The Kier molecular flexibility index (Phi) is 6.34. The van der Waals surface area contributed by atoms with Crippen LogP contribution in [0.1, 0.15) is 25.7 Å². The normalized spacial score (nSPS) is 15.2. The molecule has 1 aromatic carbocycles. The maximum Gasteiger partial charge on any atom is 0.232 e. The van der Waals surface area contributed by atoms with E-state index in [1.54, 1.807) is 17.0 Å². The zero-order chi connectivity index (χ0) is 17.7. The van der Waals surface area contributed by atoms with Crippen LogP contribution in [-0.4, -0.2) is 52.2 Å². The Bertz CT molecular complexity index is 687. The molecule has 0 radical (unpaired) electrons. The highest BCUT2D eigenvalue weighted by atomic mass is 35.5. The fraction of sp³-hybridized carbons (Fsp3) is 0.562. The minimum atomic E-state index is -3.57. The number of carbonyl (C=O) groups excluding carboxylic acids is 1. The predicted molar refractivity (Wildman–Crippen MR) is 95.2 cm³/mol. The number of hydrogen-bond acceptors (Lipinski definition) is 4. The molecule has 134 valence electrons. The first-order valence-electron chi connectivity index (χ1n) is 7.92. The Hall–Kier alpha value is -1.47. The fourth-order valence-electron chi connectivity index (χ4n) is 2.82. The monoisotopic (exact) mass is 374 g/mol. The Morgan fingerprint density at radius 2 is 1.96 bits per heavy atom. The molecule has 1 aliphatic rings. The number of ether oxygens (including phenoxy) is 1. The van der Waals surface area contributed by atoms with Crippen LogP contribution >= 0.6 is 11.6 Å². The second kappa shape index (κ2) is 8.07. The molecule has 0 atom stereocenters. The lowest BCUT2D eigenvalue weighted by molar-refractivity contribution is -0.131. The summed E-state index contributed by atoms with van der Waals surface area (Å²) in [5, 5.41) is 0.404. The number of benzene rings is 1. The van der Waals surface area contributed by atoms with Gasteiger partial charge in [-0.2, -0.15) is 0 Å². The fourth-order valence-corrected chi connectivity index (χ4v) is 3.91. The molecule has 0 aliphatic carbocycles. The van der Waals surface area contributed by atoms with E-state index < -0.39 is 10.0 Å². The molecule has 6 nitrogen and oxygen atoms in total. The van der Waals surface area contributed by atoms with Crippen molar-refractivity contribution in [1.82, 2.24) is 4.90 Å². The Balaban J connectivity index is 2.18. The van der Waals surface area contributed by atoms with Gasteiger partial charge in [-0.05, 0) is 37.5 Å². The summed E-state index contributed by atoms with van der Waals surface area (Å²) in [5.74, 6) is 0.375. The highest BCUT2D eigenvalue weighted by molar-refractivity contribution is 7.92. The topological polar surface area (TPSA) is 66.9 Å². The SMILES string of the molecule is COc1ccc(Cl)cc1N(CCC(=O)N1CCCCC1)S(C)(=O)=O. The van der Waals surface area contributed by atoms with Crippen molar-refractivity contribution in [1.29, 1.82) is 0 Å². The van der Waals surface area contributed by atoms with Crippen LogP contribution in [0.2, 0.25) is 5.02 Å². The number of methoxy groups -OCH3 is 1. The van der Waals surface area contributed by atoms with Gasteiger partial charge in [0.05, 0.1) is 19.1 Å². The van der Waals surface area contributed by atoms with E-state index >= 15 is 0 Å². The molecule has 8 heteroatoms. The first-order chi connectivity index (χ1) is 11.3. The molecule has 0 N–H and O–H groups in total. The van der Waals surface area contributed by atoms with Crippen LogP contribution in [0.25, 0.3) is 0 Å². The summed E-state index contributed by atoms with van der Waals surface area (Å²) in [7, 11) is -2.11. The first-order valence-corrected chi connectivity index (χ1v) is 10.1. The number of nitrogens with zero attached hydrogens (tertiary/aromatic N) is 2. The number of carbonyl (C=O) groups is 1. The summed E-state index contributed by atoms with van der Waals surface area (Å²) in [6.45, 7) is 1.56. The molecule has 1 saturated heterocycles. The number of anilines is 1. The molecule has 0 aromatic heterocycles. The Morgan fingerprint density at radius 1 is 1.29 bits per heavy atom. The molecule has 1 fully saturated rings. The second-order valence-electron chi connectivity index (χ2n) is 5.84. The van der Waals surface area contributed by atoms with Crippen molar-refractivity contribution in [3.8, 4) is 5.75 Å². The van der Waals surface area contributed by atoms with Gasteiger partial charge in [-0.25, -0.2) is 8.42 Å². The van der Waals surface area contributed by atoms with E-state index in [-0.39, 0.29) is 18.9 Å². The summed E-state index contributed by atoms with van der Waals surface area (Å²) in [6, 6.07) is 4.78. The minimum absolute atomic E-state index is 0.0238. The van der Waals surface area contributed by atoms with Gasteiger partial charge in [0.1, 0.15) is 5.75 Å². The molecule has 1 amide bonds. The number of hydrogen-bond donors (Lipinski definition) is 0. The third-order valence-electron chi connectivity index (χ3n) is 4.05. The van der Waals surface area contributed by atoms with Gasteiger partial charge >= 0.3 is 0 Å². The quantitative estimate of drug-likeness (QED) is 0.767. The second-order valence-corrected chi connectivity index (χ2v) is 8.19.